The summed E-state index contributed by atoms with van der Waals surface area (Å²) in [5.41, 5.74) is 3.43. The molecular formula is C18H27NO2. The normalized spacial score (nSPS) is 22.8. The third-order valence-corrected chi connectivity index (χ3v) is 5.52. The van der Waals surface area contributed by atoms with Crippen molar-refractivity contribution >= 4 is 0 Å². The molecular weight excluding hydrogens is 262 g/mol. The van der Waals surface area contributed by atoms with Gasteiger partial charge in [0.1, 0.15) is 5.75 Å². The molecule has 1 N–H and O–H groups in total. The lowest BCUT2D eigenvalue weighted by Crippen LogP contribution is -2.56. The predicted octanol–water partition coefficient (Wildman–Crippen LogP) is 3.05. The largest absolute Gasteiger partial charge is 0.496 e. The first-order chi connectivity index (χ1) is 10.1. The van der Waals surface area contributed by atoms with Gasteiger partial charge in [-0.3, -0.25) is 0 Å². The molecule has 1 spiro atoms. The van der Waals surface area contributed by atoms with E-state index >= 15 is 0 Å². The summed E-state index contributed by atoms with van der Waals surface area (Å²) in [7, 11) is 3.82. The number of aryl methyl sites for hydroxylation is 1. The second kappa shape index (κ2) is 5.62. The van der Waals surface area contributed by atoms with Gasteiger partial charge in [0.2, 0.25) is 0 Å². The SMILES string of the molecule is CNCC1(c2ccc(C)c(OC)c2)CC2(CCOCC2)C1. The molecule has 2 fully saturated rings. The molecule has 1 aliphatic carbocycles. The van der Waals surface area contributed by atoms with Crippen LogP contribution in [0.1, 0.15) is 36.8 Å². The Balaban J connectivity index is 1.86. The van der Waals surface area contributed by atoms with Gasteiger partial charge >= 0.3 is 0 Å². The van der Waals surface area contributed by atoms with Gasteiger partial charge in [-0.15, -0.1) is 0 Å². The maximum atomic E-state index is 5.55. The van der Waals surface area contributed by atoms with Crippen LogP contribution in [0.25, 0.3) is 0 Å². The molecule has 1 saturated carbocycles. The highest BCUT2D eigenvalue weighted by molar-refractivity contribution is 5.42. The minimum Gasteiger partial charge on any atom is -0.496 e. The van der Waals surface area contributed by atoms with Crippen molar-refractivity contribution in [3.05, 3.63) is 29.3 Å². The van der Waals surface area contributed by atoms with Crippen LogP contribution in [-0.4, -0.2) is 33.9 Å². The molecule has 1 saturated heterocycles. The molecule has 0 amide bonds. The van der Waals surface area contributed by atoms with Gasteiger partial charge in [0.25, 0.3) is 0 Å². The van der Waals surface area contributed by atoms with Crippen molar-refractivity contribution in [2.24, 2.45) is 5.41 Å². The molecule has 0 radical (unpaired) electrons. The highest BCUT2D eigenvalue weighted by Gasteiger charge is 2.54. The fraction of sp³-hybridized carbons (Fsp3) is 0.667. The molecule has 1 aromatic carbocycles. The predicted molar refractivity (Wildman–Crippen MR) is 85.1 cm³/mol. The summed E-state index contributed by atoms with van der Waals surface area (Å²) in [5, 5.41) is 3.41. The minimum absolute atomic E-state index is 0.271. The first kappa shape index (κ1) is 14.9. The molecule has 3 nitrogen and oxygen atoms in total. The zero-order valence-corrected chi connectivity index (χ0v) is 13.5. The molecule has 2 aliphatic rings. The summed E-state index contributed by atoms with van der Waals surface area (Å²) in [4.78, 5) is 0. The average molecular weight is 289 g/mol. The fourth-order valence-corrected chi connectivity index (χ4v) is 4.46. The summed E-state index contributed by atoms with van der Waals surface area (Å²) in [6, 6.07) is 6.74. The van der Waals surface area contributed by atoms with E-state index < -0.39 is 0 Å². The van der Waals surface area contributed by atoms with E-state index in [9.17, 15) is 0 Å². The van der Waals surface area contributed by atoms with Crippen LogP contribution >= 0.6 is 0 Å². The molecule has 3 heteroatoms. The number of ether oxygens (including phenoxy) is 2. The van der Waals surface area contributed by atoms with Gasteiger partial charge in [0.05, 0.1) is 7.11 Å². The lowest BCUT2D eigenvalue weighted by molar-refractivity contribution is -0.0733. The third-order valence-electron chi connectivity index (χ3n) is 5.52. The Morgan fingerprint density at radius 2 is 1.95 bits per heavy atom. The van der Waals surface area contributed by atoms with Crippen LogP contribution < -0.4 is 10.1 Å². The van der Waals surface area contributed by atoms with Gasteiger partial charge < -0.3 is 14.8 Å². The Kier molecular flexibility index (Phi) is 3.98. The number of benzene rings is 1. The van der Waals surface area contributed by atoms with Crippen LogP contribution in [0.3, 0.4) is 0 Å². The number of likely N-dealkylation sites (N-methyl/N-ethyl adjacent to an activating group) is 1. The number of hydrogen-bond donors (Lipinski definition) is 1. The minimum atomic E-state index is 0.271. The van der Waals surface area contributed by atoms with Crippen LogP contribution in [-0.2, 0) is 10.2 Å². The van der Waals surface area contributed by atoms with E-state index in [1.54, 1.807) is 7.11 Å². The molecule has 3 rings (SSSR count). The van der Waals surface area contributed by atoms with Crippen LogP contribution in [0, 0.1) is 12.3 Å². The summed E-state index contributed by atoms with van der Waals surface area (Å²) in [6.07, 6.45) is 5.00. The highest BCUT2D eigenvalue weighted by atomic mass is 16.5. The van der Waals surface area contributed by atoms with Crippen molar-refractivity contribution in [1.82, 2.24) is 5.32 Å². The molecule has 0 aromatic heterocycles. The van der Waals surface area contributed by atoms with E-state index in [0.29, 0.717) is 5.41 Å². The molecule has 21 heavy (non-hydrogen) atoms. The lowest BCUT2D eigenvalue weighted by Gasteiger charge is -2.58. The molecule has 1 aromatic rings. The van der Waals surface area contributed by atoms with Gasteiger partial charge in [-0.1, -0.05) is 12.1 Å². The summed E-state index contributed by atoms with van der Waals surface area (Å²) in [6.45, 7) is 5.02. The topological polar surface area (TPSA) is 30.5 Å². The molecule has 116 valence electrons. The molecule has 0 atom stereocenters. The van der Waals surface area contributed by atoms with Crippen LogP contribution in [0.4, 0.5) is 0 Å². The molecule has 1 aliphatic heterocycles. The smallest absolute Gasteiger partial charge is 0.122 e. The van der Waals surface area contributed by atoms with Crippen molar-refractivity contribution in [2.75, 3.05) is 33.9 Å². The first-order valence-corrected chi connectivity index (χ1v) is 8.01. The number of rotatable bonds is 4. The lowest BCUT2D eigenvalue weighted by atomic mass is 9.48. The number of hydrogen-bond acceptors (Lipinski definition) is 3. The summed E-state index contributed by atoms with van der Waals surface area (Å²) in [5.74, 6) is 1.01. The van der Waals surface area contributed by atoms with E-state index in [-0.39, 0.29) is 5.41 Å². The Morgan fingerprint density at radius 3 is 2.57 bits per heavy atom. The number of methoxy groups -OCH3 is 1. The summed E-state index contributed by atoms with van der Waals surface area (Å²) >= 11 is 0. The van der Waals surface area contributed by atoms with E-state index in [1.165, 1.54) is 36.8 Å². The Morgan fingerprint density at radius 1 is 1.24 bits per heavy atom. The van der Waals surface area contributed by atoms with Crippen LogP contribution in [0.2, 0.25) is 0 Å². The molecule has 1 heterocycles. The summed E-state index contributed by atoms with van der Waals surface area (Å²) < 4.78 is 11.1. The van der Waals surface area contributed by atoms with E-state index in [1.807, 2.05) is 0 Å². The Bertz CT molecular complexity index is 498. The third kappa shape index (κ3) is 2.58. The zero-order valence-electron chi connectivity index (χ0n) is 13.5. The Hall–Kier alpha value is -1.06. The van der Waals surface area contributed by atoms with Crippen molar-refractivity contribution in [1.29, 1.82) is 0 Å². The van der Waals surface area contributed by atoms with Crippen molar-refractivity contribution in [3.63, 3.8) is 0 Å². The maximum Gasteiger partial charge on any atom is 0.122 e. The van der Waals surface area contributed by atoms with Gasteiger partial charge in [0, 0.05) is 25.2 Å². The highest BCUT2D eigenvalue weighted by Crippen LogP contribution is 2.60. The van der Waals surface area contributed by atoms with Gasteiger partial charge in [-0.05, 0) is 62.3 Å². The van der Waals surface area contributed by atoms with E-state index in [2.05, 4.69) is 37.5 Å². The zero-order chi connectivity index (χ0) is 14.9. The van der Waals surface area contributed by atoms with Crippen LogP contribution in [0.5, 0.6) is 5.75 Å². The standard InChI is InChI=1S/C18H27NO2/c1-14-4-5-15(10-16(14)20-3)18(13-19-2)11-17(12-18)6-8-21-9-7-17/h4-5,10,19H,6-9,11-13H2,1-3H3. The second-order valence-electron chi connectivity index (χ2n) is 6.96. The average Bonchev–Trinajstić information content (AvgIpc) is 2.47. The quantitative estimate of drug-likeness (QED) is 0.924. The first-order valence-electron chi connectivity index (χ1n) is 8.01. The molecule has 0 bridgehead atoms. The Labute approximate surface area is 128 Å². The van der Waals surface area contributed by atoms with Gasteiger partial charge in [0.15, 0.2) is 0 Å². The second-order valence-corrected chi connectivity index (χ2v) is 6.96. The van der Waals surface area contributed by atoms with E-state index in [0.717, 1.165) is 25.5 Å². The van der Waals surface area contributed by atoms with Gasteiger partial charge in [-0.25, -0.2) is 0 Å². The molecule has 0 unspecified atom stereocenters. The van der Waals surface area contributed by atoms with Crippen molar-refractivity contribution in [2.45, 2.75) is 38.0 Å². The maximum absolute atomic E-state index is 5.55. The van der Waals surface area contributed by atoms with Gasteiger partial charge in [-0.2, -0.15) is 0 Å². The van der Waals surface area contributed by atoms with Crippen molar-refractivity contribution < 1.29 is 9.47 Å². The van der Waals surface area contributed by atoms with Crippen LogP contribution in [0.15, 0.2) is 18.2 Å². The fourth-order valence-electron chi connectivity index (χ4n) is 4.46. The monoisotopic (exact) mass is 289 g/mol. The van der Waals surface area contributed by atoms with Crippen molar-refractivity contribution in [3.8, 4) is 5.75 Å². The van der Waals surface area contributed by atoms with E-state index in [4.69, 9.17) is 9.47 Å². The number of nitrogens with one attached hydrogen (secondary N) is 1.